The van der Waals surface area contributed by atoms with E-state index in [1.807, 2.05) is 24.3 Å². The number of rotatable bonds is 5. The van der Waals surface area contributed by atoms with Crippen LogP contribution in [0.15, 0.2) is 28.7 Å². The predicted octanol–water partition coefficient (Wildman–Crippen LogP) is 3.59. The molecule has 2 aromatic rings. The van der Waals surface area contributed by atoms with Crippen LogP contribution in [0, 0.1) is 0 Å². The number of ether oxygens (including phenoxy) is 1. The largest absolute Gasteiger partial charge is 0.383 e. The first-order chi connectivity index (χ1) is 9.65. The Bertz CT molecular complexity index is 584. The number of aryl methyl sites for hydroxylation is 1. The molecule has 0 radical (unpaired) electrons. The Morgan fingerprint density at radius 3 is 2.50 bits per heavy atom. The van der Waals surface area contributed by atoms with Gasteiger partial charge in [0.1, 0.15) is 5.82 Å². The molecule has 0 atom stereocenters. The van der Waals surface area contributed by atoms with Gasteiger partial charge in [0.2, 0.25) is 0 Å². The van der Waals surface area contributed by atoms with Gasteiger partial charge in [0, 0.05) is 12.7 Å². The molecule has 106 valence electrons. The smallest absolute Gasteiger partial charge is 0.161 e. The van der Waals surface area contributed by atoms with Crippen molar-refractivity contribution in [3.63, 3.8) is 0 Å². The fourth-order valence-corrected chi connectivity index (χ4v) is 2.34. The third kappa shape index (κ3) is 3.35. The Labute approximate surface area is 127 Å². The third-order valence-corrected chi connectivity index (χ3v) is 3.82. The third-order valence-electron chi connectivity index (χ3n) is 2.96. The second-order valence-electron chi connectivity index (χ2n) is 4.57. The number of aromatic nitrogens is 2. The molecule has 5 heteroatoms. The van der Waals surface area contributed by atoms with Gasteiger partial charge >= 0.3 is 0 Å². The molecule has 0 unspecified atom stereocenters. The van der Waals surface area contributed by atoms with Crippen molar-refractivity contribution in [2.24, 2.45) is 0 Å². The van der Waals surface area contributed by atoms with E-state index in [1.54, 1.807) is 7.11 Å². The van der Waals surface area contributed by atoms with Gasteiger partial charge in [0.25, 0.3) is 0 Å². The lowest BCUT2D eigenvalue weighted by Crippen LogP contribution is -2.03. The van der Waals surface area contributed by atoms with Gasteiger partial charge in [-0.2, -0.15) is 0 Å². The van der Waals surface area contributed by atoms with Crippen molar-refractivity contribution in [2.45, 2.75) is 26.4 Å². The van der Waals surface area contributed by atoms with E-state index in [-0.39, 0.29) is 0 Å². The standard InChI is InChI=1S/C15H18BrN3O/c1-3-4-12-13(16)14(17)19-15(18-12)11-7-5-10(6-8-11)9-20-2/h5-8H,3-4,9H2,1-2H3,(H2,17,18,19). The Morgan fingerprint density at radius 2 is 1.90 bits per heavy atom. The molecule has 1 heterocycles. The predicted molar refractivity (Wildman–Crippen MR) is 84.3 cm³/mol. The minimum atomic E-state index is 0.486. The fourth-order valence-electron chi connectivity index (χ4n) is 1.96. The lowest BCUT2D eigenvalue weighted by molar-refractivity contribution is 0.185. The van der Waals surface area contributed by atoms with E-state index in [1.165, 1.54) is 0 Å². The maximum absolute atomic E-state index is 5.95. The number of anilines is 1. The Kier molecular flexibility index (Phi) is 5.09. The highest BCUT2D eigenvalue weighted by Gasteiger charge is 2.10. The zero-order valence-electron chi connectivity index (χ0n) is 11.7. The van der Waals surface area contributed by atoms with Gasteiger partial charge in [0.15, 0.2) is 5.82 Å². The number of halogens is 1. The van der Waals surface area contributed by atoms with E-state index in [4.69, 9.17) is 10.5 Å². The van der Waals surface area contributed by atoms with Gasteiger partial charge in [-0.3, -0.25) is 0 Å². The molecule has 0 fully saturated rings. The highest BCUT2D eigenvalue weighted by molar-refractivity contribution is 9.10. The highest BCUT2D eigenvalue weighted by Crippen LogP contribution is 2.26. The topological polar surface area (TPSA) is 61.0 Å². The molecular formula is C15H18BrN3O. The Hall–Kier alpha value is -1.46. The van der Waals surface area contributed by atoms with E-state index in [0.717, 1.165) is 34.1 Å². The van der Waals surface area contributed by atoms with Gasteiger partial charge in [-0.25, -0.2) is 9.97 Å². The number of benzene rings is 1. The van der Waals surface area contributed by atoms with E-state index in [2.05, 4.69) is 32.8 Å². The van der Waals surface area contributed by atoms with Crippen molar-refractivity contribution in [3.8, 4) is 11.4 Å². The zero-order valence-corrected chi connectivity index (χ0v) is 13.3. The SMILES string of the molecule is CCCc1nc(-c2ccc(COC)cc2)nc(N)c1Br. The van der Waals surface area contributed by atoms with Crippen molar-refractivity contribution in [3.05, 3.63) is 40.0 Å². The van der Waals surface area contributed by atoms with Crippen molar-refractivity contribution < 1.29 is 4.74 Å². The Balaban J connectivity index is 2.36. The molecule has 0 amide bonds. The quantitative estimate of drug-likeness (QED) is 0.906. The molecule has 0 aliphatic carbocycles. The van der Waals surface area contributed by atoms with Crippen LogP contribution in [0.25, 0.3) is 11.4 Å². The van der Waals surface area contributed by atoms with Crippen molar-refractivity contribution in [1.82, 2.24) is 9.97 Å². The van der Waals surface area contributed by atoms with Crippen LogP contribution in [0.3, 0.4) is 0 Å². The molecule has 2 rings (SSSR count). The van der Waals surface area contributed by atoms with E-state index in [9.17, 15) is 0 Å². The summed E-state index contributed by atoms with van der Waals surface area (Å²) in [6.45, 7) is 2.72. The van der Waals surface area contributed by atoms with Crippen molar-refractivity contribution in [2.75, 3.05) is 12.8 Å². The molecule has 0 saturated carbocycles. The fraction of sp³-hybridized carbons (Fsp3) is 0.333. The van der Waals surface area contributed by atoms with E-state index >= 15 is 0 Å². The number of hydrogen-bond donors (Lipinski definition) is 1. The second kappa shape index (κ2) is 6.81. The van der Waals surface area contributed by atoms with Crippen LogP contribution in [0.4, 0.5) is 5.82 Å². The summed E-state index contributed by atoms with van der Waals surface area (Å²) in [5.74, 6) is 1.15. The molecule has 20 heavy (non-hydrogen) atoms. The molecule has 0 aliphatic rings. The summed E-state index contributed by atoms with van der Waals surface area (Å²) in [4.78, 5) is 8.95. The molecule has 0 aliphatic heterocycles. The minimum Gasteiger partial charge on any atom is -0.383 e. The molecule has 1 aromatic heterocycles. The summed E-state index contributed by atoms with van der Waals surface area (Å²) in [5.41, 5.74) is 8.98. The molecule has 0 spiro atoms. The van der Waals surface area contributed by atoms with Crippen molar-refractivity contribution in [1.29, 1.82) is 0 Å². The first kappa shape index (κ1) is 14.9. The van der Waals surface area contributed by atoms with E-state index < -0.39 is 0 Å². The van der Waals surface area contributed by atoms with Gasteiger partial charge in [-0.15, -0.1) is 0 Å². The summed E-state index contributed by atoms with van der Waals surface area (Å²) in [7, 11) is 1.68. The number of hydrogen-bond acceptors (Lipinski definition) is 4. The van der Waals surface area contributed by atoms with Gasteiger partial charge in [0.05, 0.1) is 16.8 Å². The van der Waals surface area contributed by atoms with Gasteiger partial charge in [-0.05, 0) is 27.9 Å². The maximum atomic E-state index is 5.95. The highest BCUT2D eigenvalue weighted by atomic mass is 79.9. The lowest BCUT2D eigenvalue weighted by atomic mass is 10.1. The summed E-state index contributed by atoms with van der Waals surface area (Å²) in [5, 5.41) is 0. The van der Waals surface area contributed by atoms with Crippen LogP contribution in [-0.4, -0.2) is 17.1 Å². The lowest BCUT2D eigenvalue weighted by Gasteiger charge is -2.09. The number of nitrogens with two attached hydrogens (primary N) is 1. The second-order valence-corrected chi connectivity index (χ2v) is 5.37. The maximum Gasteiger partial charge on any atom is 0.161 e. The number of nitrogens with zero attached hydrogens (tertiary/aromatic N) is 2. The summed E-state index contributed by atoms with van der Waals surface area (Å²) < 4.78 is 5.91. The van der Waals surface area contributed by atoms with Gasteiger partial charge < -0.3 is 10.5 Å². The molecule has 4 nitrogen and oxygen atoms in total. The monoisotopic (exact) mass is 335 g/mol. The van der Waals surface area contributed by atoms with Crippen LogP contribution in [0.2, 0.25) is 0 Å². The first-order valence-corrected chi connectivity index (χ1v) is 7.35. The van der Waals surface area contributed by atoms with Crippen LogP contribution in [-0.2, 0) is 17.8 Å². The summed E-state index contributed by atoms with van der Waals surface area (Å²) >= 11 is 3.45. The molecule has 1 aromatic carbocycles. The normalized spacial score (nSPS) is 10.8. The van der Waals surface area contributed by atoms with Crippen LogP contribution >= 0.6 is 15.9 Å². The molecule has 0 saturated heterocycles. The van der Waals surface area contributed by atoms with Crippen LogP contribution in [0.5, 0.6) is 0 Å². The van der Waals surface area contributed by atoms with Crippen LogP contribution < -0.4 is 5.73 Å². The first-order valence-electron chi connectivity index (χ1n) is 6.55. The summed E-state index contributed by atoms with van der Waals surface area (Å²) in [6.07, 6.45) is 1.89. The Morgan fingerprint density at radius 1 is 1.20 bits per heavy atom. The average Bonchev–Trinajstić information content (AvgIpc) is 2.45. The zero-order chi connectivity index (χ0) is 14.5. The molecular weight excluding hydrogens is 318 g/mol. The summed E-state index contributed by atoms with van der Waals surface area (Å²) in [6, 6.07) is 8.01. The van der Waals surface area contributed by atoms with Crippen LogP contribution in [0.1, 0.15) is 24.6 Å². The average molecular weight is 336 g/mol. The van der Waals surface area contributed by atoms with E-state index in [0.29, 0.717) is 18.2 Å². The number of methoxy groups -OCH3 is 1. The molecule has 2 N–H and O–H groups in total. The number of nitrogen functional groups attached to an aromatic ring is 1. The van der Waals surface area contributed by atoms with Crippen molar-refractivity contribution >= 4 is 21.7 Å². The molecule has 0 bridgehead atoms. The van der Waals surface area contributed by atoms with Gasteiger partial charge in [-0.1, -0.05) is 37.6 Å². The minimum absolute atomic E-state index is 0.486.